The van der Waals surface area contributed by atoms with Crippen molar-refractivity contribution in [1.29, 1.82) is 0 Å². The summed E-state index contributed by atoms with van der Waals surface area (Å²) in [7, 11) is 0. The summed E-state index contributed by atoms with van der Waals surface area (Å²) < 4.78 is 0. The molecule has 1 aliphatic rings. The van der Waals surface area contributed by atoms with Crippen molar-refractivity contribution in [3.8, 4) is 0 Å². The van der Waals surface area contributed by atoms with Crippen molar-refractivity contribution in [1.82, 2.24) is 0 Å². The van der Waals surface area contributed by atoms with Crippen LogP contribution in [-0.4, -0.2) is 17.6 Å². The van der Waals surface area contributed by atoms with E-state index >= 15 is 0 Å². The average molecular weight is 403 g/mol. The molecule has 0 spiro atoms. The molecule has 4 nitrogen and oxygen atoms in total. The molecule has 1 N–H and O–H groups in total. The van der Waals surface area contributed by atoms with Crippen molar-refractivity contribution in [2.45, 2.75) is 19.2 Å². The lowest BCUT2D eigenvalue weighted by Gasteiger charge is -2.25. The summed E-state index contributed by atoms with van der Waals surface area (Å²) in [5, 5.41) is 2.85. The van der Waals surface area contributed by atoms with Crippen LogP contribution in [0.5, 0.6) is 0 Å². The van der Waals surface area contributed by atoms with E-state index in [9.17, 15) is 9.59 Å². The molecule has 1 fully saturated rings. The third-order valence-electron chi connectivity index (χ3n) is 4.92. The Labute approximate surface area is 174 Å². The summed E-state index contributed by atoms with van der Waals surface area (Å²) in [6, 6.07) is 23.2. The number of benzene rings is 3. The second-order valence-corrected chi connectivity index (χ2v) is 8.28. The van der Waals surface area contributed by atoms with Crippen LogP contribution in [-0.2, 0) is 4.79 Å². The van der Waals surface area contributed by atoms with E-state index in [1.807, 2.05) is 91.5 Å². The Morgan fingerprint density at radius 2 is 1.62 bits per heavy atom. The molecule has 2 amide bonds. The van der Waals surface area contributed by atoms with E-state index in [0.29, 0.717) is 11.3 Å². The van der Waals surface area contributed by atoms with Gasteiger partial charge >= 0.3 is 0 Å². The highest BCUT2D eigenvalue weighted by molar-refractivity contribution is 8.00. The van der Waals surface area contributed by atoms with Gasteiger partial charge in [0, 0.05) is 16.9 Å². The molecule has 0 radical (unpaired) electrons. The van der Waals surface area contributed by atoms with Crippen LogP contribution in [0.1, 0.15) is 32.4 Å². The second-order valence-electron chi connectivity index (χ2n) is 7.21. The first kappa shape index (κ1) is 19.3. The van der Waals surface area contributed by atoms with Gasteiger partial charge < -0.3 is 5.32 Å². The zero-order chi connectivity index (χ0) is 20.4. The van der Waals surface area contributed by atoms with E-state index in [1.54, 1.807) is 11.8 Å². The van der Waals surface area contributed by atoms with E-state index in [2.05, 4.69) is 5.32 Å². The lowest BCUT2D eigenvalue weighted by Crippen LogP contribution is -2.27. The molecule has 0 aromatic heterocycles. The van der Waals surface area contributed by atoms with Gasteiger partial charge in [-0.15, -0.1) is 11.8 Å². The first-order valence-electron chi connectivity index (χ1n) is 9.49. The lowest BCUT2D eigenvalue weighted by molar-refractivity contribution is -0.115. The number of amides is 2. The number of hydrogen-bond donors (Lipinski definition) is 1. The van der Waals surface area contributed by atoms with E-state index in [4.69, 9.17) is 0 Å². The summed E-state index contributed by atoms with van der Waals surface area (Å²) in [4.78, 5) is 26.9. The van der Waals surface area contributed by atoms with Gasteiger partial charge in [-0.05, 0) is 55.8 Å². The third kappa shape index (κ3) is 4.20. The fraction of sp³-hybridized carbons (Fsp3) is 0.167. The van der Waals surface area contributed by atoms with Gasteiger partial charge in [0.2, 0.25) is 5.91 Å². The Bertz CT molecular complexity index is 1050. The van der Waals surface area contributed by atoms with Crippen molar-refractivity contribution in [3.05, 3.63) is 95.1 Å². The number of nitrogens with zero attached hydrogens (tertiary/aromatic N) is 1. The van der Waals surface area contributed by atoms with Crippen LogP contribution in [0.25, 0.3) is 0 Å². The molecule has 5 heteroatoms. The van der Waals surface area contributed by atoms with E-state index < -0.39 is 0 Å². The summed E-state index contributed by atoms with van der Waals surface area (Å²) in [6.07, 6.45) is 0. The summed E-state index contributed by atoms with van der Waals surface area (Å²) >= 11 is 1.60. The standard InChI is InChI=1S/C24H22N2O2S/c1-16-6-10-18(11-7-16)23(28)25-20-5-3-4-19(14-20)24-26(22(27)15-29-24)21-12-8-17(2)9-13-21/h3-14,24H,15H2,1-2H3,(H,25,28). The number of carbonyl (C=O) groups excluding carboxylic acids is 2. The minimum absolute atomic E-state index is 0.0953. The Hall–Kier alpha value is -3.05. The molecular weight excluding hydrogens is 380 g/mol. The largest absolute Gasteiger partial charge is 0.322 e. The Kier molecular flexibility index (Phi) is 5.41. The molecular formula is C24H22N2O2S. The first-order valence-corrected chi connectivity index (χ1v) is 10.5. The van der Waals surface area contributed by atoms with Crippen molar-refractivity contribution in [2.24, 2.45) is 0 Å². The predicted molar refractivity (Wildman–Crippen MR) is 119 cm³/mol. The van der Waals surface area contributed by atoms with E-state index in [-0.39, 0.29) is 17.2 Å². The average Bonchev–Trinajstić information content (AvgIpc) is 3.11. The van der Waals surface area contributed by atoms with Crippen LogP contribution in [0.4, 0.5) is 11.4 Å². The van der Waals surface area contributed by atoms with Crippen LogP contribution in [0, 0.1) is 13.8 Å². The molecule has 3 aromatic carbocycles. The number of hydrogen-bond acceptors (Lipinski definition) is 3. The van der Waals surface area contributed by atoms with Crippen molar-refractivity contribution in [3.63, 3.8) is 0 Å². The van der Waals surface area contributed by atoms with E-state index in [1.165, 1.54) is 0 Å². The molecule has 1 saturated heterocycles. The molecule has 29 heavy (non-hydrogen) atoms. The van der Waals surface area contributed by atoms with Gasteiger partial charge in [-0.25, -0.2) is 0 Å². The highest BCUT2D eigenvalue weighted by Crippen LogP contribution is 2.42. The quantitative estimate of drug-likeness (QED) is 0.641. The van der Waals surface area contributed by atoms with Gasteiger partial charge in [0.05, 0.1) is 5.75 Å². The molecule has 0 bridgehead atoms. The van der Waals surface area contributed by atoms with Gasteiger partial charge in [-0.1, -0.05) is 47.5 Å². The van der Waals surface area contributed by atoms with Gasteiger partial charge in [0.25, 0.3) is 5.91 Å². The smallest absolute Gasteiger partial charge is 0.255 e. The summed E-state index contributed by atoms with van der Waals surface area (Å²) in [5.41, 5.74) is 5.49. The topological polar surface area (TPSA) is 49.4 Å². The zero-order valence-electron chi connectivity index (χ0n) is 16.4. The fourth-order valence-electron chi connectivity index (χ4n) is 3.33. The number of anilines is 2. The monoisotopic (exact) mass is 402 g/mol. The number of carbonyl (C=O) groups is 2. The predicted octanol–water partition coefficient (Wildman–Crippen LogP) is 5.33. The third-order valence-corrected chi connectivity index (χ3v) is 6.14. The molecule has 1 heterocycles. The second kappa shape index (κ2) is 8.13. The number of rotatable bonds is 4. The van der Waals surface area contributed by atoms with E-state index in [0.717, 1.165) is 28.1 Å². The van der Waals surface area contributed by atoms with Crippen molar-refractivity contribution >= 4 is 35.0 Å². The Morgan fingerprint density at radius 3 is 2.31 bits per heavy atom. The van der Waals surface area contributed by atoms with Crippen LogP contribution in [0.3, 0.4) is 0 Å². The highest BCUT2D eigenvalue weighted by Gasteiger charge is 2.34. The van der Waals surface area contributed by atoms with Crippen molar-refractivity contribution in [2.75, 3.05) is 16.0 Å². The van der Waals surface area contributed by atoms with Gasteiger partial charge in [-0.2, -0.15) is 0 Å². The Morgan fingerprint density at radius 1 is 0.966 bits per heavy atom. The summed E-state index contributed by atoms with van der Waals surface area (Å²) in [6.45, 7) is 4.02. The minimum Gasteiger partial charge on any atom is -0.322 e. The number of aryl methyl sites for hydroxylation is 2. The molecule has 1 atom stereocenters. The maximum atomic E-state index is 12.6. The molecule has 146 valence electrons. The minimum atomic E-state index is -0.146. The van der Waals surface area contributed by atoms with Gasteiger partial charge in [0.1, 0.15) is 5.37 Å². The zero-order valence-corrected chi connectivity index (χ0v) is 17.2. The maximum Gasteiger partial charge on any atom is 0.255 e. The number of nitrogens with one attached hydrogen (secondary N) is 1. The van der Waals surface area contributed by atoms with Crippen LogP contribution in [0.2, 0.25) is 0 Å². The SMILES string of the molecule is Cc1ccc(C(=O)Nc2cccc(C3SCC(=O)N3c3ccc(C)cc3)c2)cc1. The number of thioether (sulfide) groups is 1. The van der Waals surface area contributed by atoms with Crippen LogP contribution >= 0.6 is 11.8 Å². The molecule has 3 aromatic rings. The van der Waals surface area contributed by atoms with Crippen molar-refractivity contribution < 1.29 is 9.59 Å². The van der Waals surface area contributed by atoms with Gasteiger partial charge in [0.15, 0.2) is 0 Å². The van der Waals surface area contributed by atoms with Gasteiger partial charge in [-0.3, -0.25) is 14.5 Å². The van der Waals surface area contributed by atoms with Crippen LogP contribution < -0.4 is 10.2 Å². The Balaban J connectivity index is 1.57. The fourth-order valence-corrected chi connectivity index (χ4v) is 4.50. The lowest BCUT2D eigenvalue weighted by atomic mass is 10.1. The summed E-state index contributed by atoms with van der Waals surface area (Å²) in [5.74, 6) is 0.393. The highest BCUT2D eigenvalue weighted by atomic mass is 32.2. The maximum absolute atomic E-state index is 12.6. The molecule has 1 unspecified atom stereocenters. The molecule has 1 aliphatic heterocycles. The molecule has 0 saturated carbocycles. The first-order chi connectivity index (χ1) is 14.0. The molecule has 4 rings (SSSR count). The normalized spacial score (nSPS) is 16.1. The molecule has 0 aliphatic carbocycles. The van der Waals surface area contributed by atoms with Crippen LogP contribution in [0.15, 0.2) is 72.8 Å².